The van der Waals surface area contributed by atoms with Gasteiger partial charge in [-0.1, -0.05) is 24.1 Å². The van der Waals surface area contributed by atoms with Gasteiger partial charge in [0.15, 0.2) is 5.78 Å². The first-order chi connectivity index (χ1) is 16.0. The second kappa shape index (κ2) is 10.3. The zero-order valence-corrected chi connectivity index (χ0v) is 19.4. The number of aromatic nitrogens is 2. The molecule has 4 rings (SSSR count). The van der Waals surface area contributed by atoms with E-state index < -0.39 is 6.04 Å². The van der Waals surface area contributed by atoms with E-state index in [4.69, 9.17) is 11.6 Å². The normalized spacial score (nSPS) is 15.1. The van der Waals surface area contributed by atoms with Crippen LogP contribution < -0.4 is 5.32 Å². The molecular weight excluding hydrogens is 438 g/mol. The van der Waals surface area contributed by atoms with Crippen LogP contribution in [0.1, 0.15) is 76.7 Å². The Hall–Kier alpha value is -2.96. The number of carbonyl (C=O) groups excluding carboxylic acids is 2. The largest absolute Gasteiger partial charge is 0.396 e. The van der Waals surface area contributed by atoms with Crippen LogP contribution in [0.3, 0.4) is 0 Å². The van der Waals surface area contributed by atoms with Crippen LogP contribution in [0.2, 0.25) is 5.02 Å². The predicted molar refractivity (Wildman–Crippen MR) is 130 cm³/mol. The Morgan fingerprint density at radius 3 is 2.82 bits per heavy atom. The van der Waals surface area contributed by atoms with Crippen molar-refractivity contribution < 1.29 is 14.7 Å². The van der Waals surface area contributed by atoms with Crippen molar-refractivity contribution in [2.45, 2.75) is 51.5 Å². The van der Waals surface area contributed by atoms with Gasteiger partial charge in [0.1, 0.15) is 5.82 Å². The number of imidazole rings is 1. The second-order valence-corrected chi connectivity index (χ2v) is 8.95. The Balaban J connectivity index is 1.52. The average molecular weight is 466 g/mol. The number of ketones is 1. The molecular formula is C26H28ClN3O3. The minimum Gasteiger partial charge on any atom is -0.396 e. The lowest BCUT2D eigenvalue weighted by Gasteiger charge is -2.16. The van der Waals surface area contributed by atoms with Gasteiger partial charge >= 0.3 is 0 Å². The molecule has 6 nitrogen and oxygen atoms in total. The number of allylic oxidation sites excluding steroid dienone is 2. The van der Waals surface area contributed by atoms with Crippen LogP contribution in [0.15, 0.2) is 48.0 Å². The number of rotatable bonds is 7. The Morgan fingerprint density at radius 1 is 1.18 bits per heavy atom. The van der Waals surface area contributed by atoms with Gasteiger partial charge in [-0.15, -0.1) is 0 Å². The van der Waals surface area contributed by atoms with Crippen LogP contribution in [-0.2, 0) is 0 Å². The standard InChI is InChI=1S/C26H28ClN3O3/c1-16-14-18(8-10-20(16)24(32)17-6-4-2-3-5-7-17)26(33)30-22(12-13-31)25-28-21-11-9-19(27)15-23(21)29-25/h6,8-11,14-15,22,31H,2-5,7,12-13H2,1H3,(H,28,29)(H,30,33)/t22-/m0/s1. The van der Waals surface area contributed by atoms with Crippen molar-refractivity contribution in [2.75, 3.05) is 6.61 Å². The third-order valence-corrected chi connectivity index (χ3v) is 6.32. The molecule has 3 N–H and O–H groups in total. The summed E-state index contributed by atoms with van der Waals surface area (Å²) in [6, 6.07) is 10.0. The number of aliphatic hydroxyl groups is 1. The summed E-state index contributed by atoms with van der Waals surface area (Å²) >= 11 is 6.06. The summed E-state index contributed by atoms with van der Waals surface area (Å²) in [5.41, 5.74) is 4.25. The van der Waals surface area contributed by atoms with E-state index in [0.29, 0.717) is 28.4 Å². The maximum atomic E-state index is 13.0. The van der Waals surface area contributed by atoms with Gasteiger partial charge in [-0.2, -0.15) is 0 Å². The summed E-state index contributed by atoms with van der Waals surface area (Å²) in [7, 11) is 0. The molecule has 0 spiro atoms. The lowest BCUT2D eigenvalue weighted by atomic mass is 9.94. The van der Waals surface area contributed by atoms with Gasteiger partial charge in [0, 0.05) is 22.8 Å². The van der Waals surface area contributed by atoms with E-state index in [1.165, 1.54) is 0 Å². The molecule has 172 valence electrons. The smallest absolute Gasteiger partial charge is 0.251 e. The molecule has 0 radical (unpaired) electrons. The van der Waals surface area contributed by atoms with Crippen molar-refractivity contribution in [3.8, 4) is 0 Å². The first-order valence-corrected chi connectivity index (χ1v) is 11.8. The summed E-state index contributed by atoms with van der Waals surface area (Å²) in [4.78, 5) is 33.7. The van der Waals surface area contributed by atoms with Gasteiger partial charge in [0.25, 0.3) is 5.91 Å². The Kier molecular flexibility index (Phi) is 7.26. The van der Waals surface area contributed by atoms with E-state index in [1.807, 2.05) is 6.92 Å². The number of aromatic amines is 1. The zero-order valence-electron chi connectivity index (χ0n) is 18.7. The van der Waals surface area contributed by atoms with E-state index in [2.05, 4.69) is 21.4 Å². The summed E-state index contributed by atoms with van der Waals surface area (Å²) in [5, 5.41) is 13.1. The number of fused-ring (bicyclic) bond motifs is 1. The van der Waals surface area contributed by atoms with E-state index >= 15 is 0 Å². The summed E-state index contributed by atoms with van der Waals surface area (Å²) < 4.78 is 0. The number of halogens is 1. The summed E-state index contributed by atoms with van der Waals surface area (Å²) in [6.07, 6.45) is 7.45. The average Bonchev–Trinajstić information content (AvgIpc) is 3.02. The van der Waals surface area contributed by atoms with Crippen molar-refractivity contribution in [1.29, 1.82) is 0 Å². The van der Waals surface area contributed by atoms with Gasteiger partial charge in [0.05, 0.1) is 17.1 Å². The zero-order chi connectivity index (χ0) is 23.4. The monoisotopic (exact) mass is 465 g/mol. The minimum absolute atomic E-state index is 0.0560. The number of Topliss-reactive ketones (excluding diaryl/α,β-unsaturated/α-hetero) is 1. The van der Waals surface area contributed by atoms with Crippen molar-refractivity contribution in [1.82, 2.24) is 15.3 Å². The Bertz CT molecular complexity index is 1210. The molecule has 0 saturated carbocycles. The third-order valence-electron chi connectivity index (χ3n) is 6.08. The predicted octanol–water partition coefficient (Wildman–Crippen LogP) is 5.45. The van der Waals surface area contributed by atoms with Crippen molar-refractivity contribution >= 4 is 34.3 Å². The second-order valence-electron chi connectivity index (χ2n) is 8.51. The fourth-order valence-electron chi connectivity index (χ4n) is 4.27. The summed E-state index contributed by atoms with van der Waals surface area (Å²) in [6.45, 7) is 1.75. The van der Waals surface area contributed by atoms with Gasteiger partial charge < -0.3 is 15.4 Å². The van der Waals surface area contributed by atoms with Crippen molar-refractivity contribution in [3.05, 3.63) is 75.6 Å². The van der Waals surface area contributed by atoms with Crippen LogP contribution in [-0.4, -0.2) is 33.4 Å². The first-order valence-electron chi connectivity index (χ1n) is 11.4. The van der Waals surface area contributed by atoms with Crippen LogP contribution >= 0.6 is 11.6 Å². The fourth-order valence-corrected chi connectivity index (χ4v) is 4.44. The third kappa shape index (κ3) is 5.34. The highest BCUT2D eigenvalue weighted by molar-refractivity contribution is 6.31. The number of aryl methyl sites for hydroxylation is 1. The van der Waals surface area contributed by atoms with Gasteiger partial charge in [0.2, 0.25) is 0 Å². The molecule has 0 aliphatic heterocycles. The number of amides is 1. The molecule has 33 heavy (non-hydrogen) atoms. The highest BCUT2D eigenvalue weighted by atomic mass is 35.5. The number of hydrogen-bond acceptors (Lipinski definition) is 4. The maximum absolute atomic E-state index is 13.0. The number of aliphatic hydroxyl groups excluding tert-OH is 1. The highest BCUT2D eigenvalue weighted by Crippen LogP contribution is 2.24. The molecule has 1 atom stereocenters. The molecule has 3 aromatic rings. The highest BCUT2D eigenvalue weighted by Gasteiger charge is 2.21. The number of hydrogen-bond donors (Lipinski definition) is 3. The molecule has 1 aromatic heterocycles. The van der Waals surface area contributed by atoms with E-state index in [9.17, 15) is 14.7 Å². The molecule has 2 aromatic carbocycles. The molecule has 0 unspecified atom stereocenters. The number of nitrogens with zero attached hydrogens (tertiary/aromatic N) is 1. The van der Waals surface area contributed by atoms with E-state index in [-0.39, 0.29) is 18.3 Å². The van der Waals surface area contributed by atoms with E-state index in [0.717, 1.165) is 54.3 Å². The molecule has 0 fully saturated rings. The number of benzene rings is 2. The molecule has 1 amide bonds. The van der Waals surface area contributed by atoms with Crippen LogP contribution in [0.5, 0.6) is 0 Å². The molecule has 1 aliphatic carbocycles. The van der Waals surface area contributed by atoms with Crippen LogP contribution in [0, 0.1) is 6.92 Å². The summed E-state index contributed by atoms with van der Waals surface area (Å²) in [5.74, 6) is 0.321. The Morgan fingerprint density at radius 2 is 2.03 bits per heavy atom. The van der Waals surface area contributed by atoms with Gasteiger partial charge in [-0.3, -0.25) is 9.59 Å². The molecule has 0 saturated heterocycles. The molecule has 7 heteroatoms. The lowest BCUT2D eigenvalue weighted by molar-refractivity contribution is 0.0926. The fraction of sp³-hybridized carbons (Fsp3) is 0.346. The van der Waals surface area contributed by atoms with Crippen LogP contribution in [0.4, 0.5) is 0 Å². The van der Waals surface area contributed by atoms with Gasteiger partial charge in [-0.05, 0) is 86.6 Å². The number of nitrogens with one attached hydrogen (secondary N) is 2. The topological polar surface area (TPSA) is 95.1 Å². The number of H-pyrrole nitrogens is 1. The van der Waals surface area contributed by atoms with E-state index in [1.54, 1.807) is 36.4 Å². The molecule has 1 heterocycles. The quantitative estimate of drug-likeness (QED) is 0.404. The Labute approximate surface area is 198 Å². The number of carbonyl (C=O) groups is 2. The first kappa shape index (κ1) is 23.2. The van der Waals surface area contributed by atoms with Crippen LogP contribution in [0.25, 0.3) is 11.0 Å². The van der Waals surface area contributed by atoms with Crippen molar-refractivity contribution in [2.24, 2.45) is 0 Å². The lowest BCUT2D eigenvalue weighted by Crippen LogP contribution is -2.30. The van der Waals surface area contributed by atoms with Crippen molar-refractivity contribution in [3.63, 3.8) is 0 Å². The molecule has 0 bridgehead atoms. The minimum atomic E-state index is -0.494. The SMILES string of the molecule is Cc1cc(C(=O)N[C@@H](CCO)c2nc3ccc(Cl)cc3[nH]2)ccc1C(=O)C1=CCCCCC1. The van der Waals surface area contributed by atoms with Gasteiger partial charge in [-0.25, -0.2) is 4.98 Å². The maximum Gasteiger partial charge on any atom is 0.251 e. The molecule has 1 aliphatic rings.